The monoisotopic (exact) mass is 249 g/mol. The Balaban J connectivity index is 1.56. The van der Waals surface area contributed by atoms with Crippen LogP contribution >= 0.6 is 8.25 Å². The van der Waals surface area contributed by atoms with E-state index in [9.17, 15) is 4.57 Å². The van der Waals surface area contributed by atoms with Gasteiger partial charge in [0.1, 0.15) is 25.4 Å². The molecule has 0 N–H and O–H groups in total. The van der Waals surface area contributed by atoms with Crippen LogP contribution in [0.5, 0.6) is 0 Å². The molecule has 5 nitrogen and oxygen atoms in total. The van der Waals surface area contributed by atoms with Gasteiger partial charge in [0.2, 0.25) is 0 Å². The molecule has 0 radical (unpaired) electrons. The summed E-state index contributed by atoms with van der Waals surface area (Å²) in [4.78, 5) is 0. The van der Waals surface area contributed by atoms with Gasteiger partial charge in [-0.15, -0.1) is 9.05 Å². The molecule has 2 rings (SSSR count). The normalized spacial score (nSPS) is 34.6. The van der Waals surface area contributed by atoms with Crippen molar-refractivity contribution in [2.75, 3.05) is 13.2 Å². The van der Waals surface area contributed by atoms with Crippen LogP contribution in [0.25, 0.3) is 0 Å². The molecular weight excluding hydrogens is 231 g/mol. The van der Waals surface area contributed by atoms with Gasteiger partial charge in [-0.3, -0.25) is 0 Å². The van der Waals surface area contributed by atoms with Gasteiger partial charge in [-0.25, -0.2) is 0 Å². The fourth-order valence-corrected chi connectivity index (χ4v) is 2.02. The van der Waals surface area contributed by atoms with Gasteiger partial charge in [-0.05, 0) is 27.7 Å². The Labute approximate surface area is 96.3 Å². The maximum atomic E-state index is 11.3. The average molecular weight is 249 g/mol. The van der Waals surface area contributed by atoms with Gasteiger partial charge in [0.25, 0.3) is 0 Å². The molecule has 2 atom stereocenters. The van der Waals surface area contributed by atoms with E-state index in [1.165, 1.54) is 0 Å². The third kappa shape index (κ3) is 2.99. The summed E-state index contributed by atoms with van der Waals surface area (Å²) < 4.78 is 32.0. The Hall–Kier alpha value is -0.0600. The van der Waals surface area contributed by atoms with Crippen molar-refractivity contribution in [3.63, 3.8) is 0 Å². The Morgan fingerprint density at radius 1 is 1.00 bits per heavy atom. The molecule has 0 bridgehead atoms. The van der Waals surface area contributed by atoms with E-state index in [2.05, 4.69) is 0 Å². The van der Waals surface area contributed by atoms with Gasteiger partial charge in [0, 0.05) is 4.57 Å². The van der Waals surface area contributed by atoms with E-state index >= 15 is 0 Å². The molecule has 0 aromatic rings. The van der Waals surface area contributed by atoms with Crippen LogP contribution in [0, 0.1) is 0 Å². The molecule has 2 aliphatic heterocycles. The Morgan fingerprint density at radius 2 is 1.31 bits per heavy atom. The molecule has 2 unspecified atom stereocenters. The lowest BCUT2D eigenvalue weighted by Gasteiger charge is -1.92. The fraction of sp³-hybridized carbons (Fsp3) is 1.00. The van der Waals surface area contributed by atoms with Crippen LogP contribution in [0.4, 0.5) is 0 Å². The highest BCUT2D eigenvalue weighted by atomic mass is 31.1. The molecule has 0 saturated carbocycles. The van der Waals surface area contributed by atoms with Gasteiger partial charge in [0.15, 0.2) is 0 Å². The summed E-state index contributed by atoms with van der Waals surface area (Å²) in [6.07, 6.45) is 0.0623. The predicted octanol–water partition coefficient (Wildman–Crippen LogP) is 2.03. The standard InChI is InChI=1S/C10H18O5P/c1-9(2)7(14-9)5-12-16(11)13-6-8-10(3,4)15-8/h7-8H,5-6H2,1-4H3/q+1. The van der Waals surface area contributed by atoms with Crippen LogP contribution in [0.15, 0.2) is 0 Å². The second-order valence-corrected chi connectivity index (χ2v) is 6.20. The molecule has 16 heavy (non-hydrogen) atoms. The van der Waals surface area contributed by atoms with Gasteiger partial charge in [-0.1, -0.05) is 0 Å². The van der Waals surface area contributed by atoms with Crippen LogP contribution in [0.3, 0.4) is 0 Å². The lowest BCUT2D eigenvalue weighted by Crippen LogP contribution is -2.10. The van der Waals surface area contributed by atoms with Crippen LogP contribution in [0.1, 0.15) is 27.7 Å². The molecule has 0 aliphatic carbocycles. The first-order valence-corrected chi connectivity index (χ1v) is 6.49. The molecule has 0 spiro atoms. The van der Waals surface area contributed by atoms with E-state index in [1.54, 1.807) is 0 Å². The maximum absolute atomic E-state index is 11.3. The van der Waals surface area contributed by atoms with E-state index in [1.807, 2.05) is 27.7 Å². The highest BCUT2D eigenvalue weighted by Crippen LogP contribution is 2.40. The molecule has 92 valence electrons. The molecule has 0 amide bonds. The first-order valence-electron chi connectivity index (χ1n) is 5.40. The van der Waals surface area contributed by atoms with Crippen molar-refractivity contribution in [3.05, 3.63) is 0 Å². The number of epoxide rings is 2. The van der Waals surface area contributed by atoms with E-state index in [-0.39, 0.29) is 23.4 Å². The zero-order valence-corrected chi connectivity index (χ0v) is 11.0. The molecule has 0 aromatic heterocycles. The highest BCUT2D eigenvalue weighted by Gasteiger charge is 2.51. The second kappa shape index (κ2) is 4.00. The van der Waals surface area contributed by atoms with Crippen molar-refractivity contribution in [1.29, 1.82) is 0 Å². The predicted molar refractivity (Wildman–Crippen MR) is 57.4 cm³/mol. The minimum Gasteiger partial charge on any atom is -0.364 e. The average Bonchev–Trinajstić information content (AvgIpc) is 2.96. The molecule has 2 saturated heterocycles. The van der Waals surface area contributed by atoms with Crippen molar-refractivity contribution in [2.24, 2.45) is 0 Å². The van der Waals surface area contributed by atoms with Gasteiger partial charge >= 0.3 is 8.25 Å². The largest absolute Gasteiger partial charge is 0.697 e. The summed E-state index contributed by atoms with van der Waals surface area (Å²) in [7, 11) is -2.06. The minimum absolute atomic E-state index is 0.0312. The summed E-state index contributed by atoms with van der Waals surface area (Å²) >= 11 is 0. The molecule has 2 aliphatic rings. The topological polar surface area (TPSA) is 60.6 Å². The highest BCUT2D eigenvalue weighted by molar-refractivity contribution is 7.33. The van der Waals surface area contributed by atoms with E-state index in [4.69, 9.17) is 18.5 Å². The number of hydrogen-bond donors (Lipinski definition) is 0. The number of hydrogen-bond acceptors (Lipinski definition) is 5. The number of ether oxygens (including phenoxy) is 2. The Morgan fingerprint density at radius 3 is 1.56 bits per heavy atom. The maximum Gasteiger partial charge on any atom is 0.697 e. The van der Waals surface area contributed by atoms with Crippen molar-refractivity contribution in [3.8, 4) is 0 Å². The lowest BCUT2D eigenvalue weighted by molar-refractivity contribution is 0.193. The quantitative estimate of drug-likeness (QED) is 0.532. The first kappa shape index (κ1) is 12.4. The van der Waals surface area contributed by atoms with Crippen molar-refractivity contribution in [2.45, 2.75) is 51.1 Å². The van der Waals surface area contributed by atoms with Crippen LogP contribution in [-0.2, 0) is 23.1 Å². The number of rotatable bonds is 6. The van der Waals surface area contributed by atoms with E-state index in [0.29, 0.717) is 13.2 Å². The smallest absolute Gasteiger partial charge is 0.364 e. The van der Waals surface area contributed by atoms with Gasteiger partial charge in [-0.2, -0.15) is 0 Å². The van der Waals surface area contributed by atoms with Crippen LogP contribution < -0.4 is 0 Å². The molecule has 2 fully saturated rings. The SMILES string of the molecule is CC1(C)OC1CO[P+](=O)OCC1OC1(C)C. The van der Waals surface area contributed by atoms with Crippen LogP contribution in [0.2, 0.25) is 0 Å². The molecular formula is C10H18O5P+. The Bertz CT molecular complexity index is 274. The van der Waals surface area contributed by atoms with Gasteiger partial charge in [0.05, 0.1) is 11.2 Å². The van der Waals surface area contributed by atoms with Crippen molar-refractivity contribution in [1.82, 2.24) is 0 Å². The zero-order chi connectivity index (χ0) is 12.0. The molecule has 0 aromatic carbocycles. The third-order valence-corrected chi connectivity index (χ3v) is 3.71. The first-order chi connectivity index (χ1) is 7.31. The Kier molecular flexibility index (Phi) is 3.10. The molecule has 2 heterocycles. The van der Waals surface area contributed by atoms with Crippen LogP contribution in [-0.4, -0.2) is 36.6 Å². The molecule has 6 heteroatoms. The zero-order valence-electron chi connectivity index (χ0n) is 10.1. The van der Waals surface area contributed by atoms with Crippen molar-refractivity contribution < 1.29 is 23.1 Å². The lowest BCUT2D eigenvalue weighted by atomic mass is 10.1. The van der Waals surface area contributed by atoms with Crippen molar-refractivity contribution >= 4 is 8.25 Å². The summed E-state index contributed by atoms with van der Waals surface area (Å²) in [5, 5.41) is 0. The fourth-order valence-electron chi connectivity index (χ4n) is 1.43. The summed E-state index contributed by atoms with van der Waals surface area (Å²) in [6.45, 7) is 8.50. The van der Waals surface area contributed by atoms with E-state index < -0.39 is 8.25 Å². The van der Waals surface area contributed by atoms with Gasteiger partial charge < -0.3 is 9.47 Å². The third-order valence-electron chi connectivity index (χ3n) is 2.99. The summed E-state index contributed by atoms with van der Waals surface area (Å²) in [5.74, 6) is 0. The second-order valence-electron chi connectivity index (χ2n) is 5.24. The van der Waals surface area contributed by atoms with E-state index in [0.717, 1.165) is 0 Å². The minimum atomic E-state index is -2.06. The summed E-state index contributed by atoms with van der Waals surface area (Å²) in [5.41, 5.74) is -0.282. The summed E-state index contributed by atoms with van der Waals surface area (Å²) in [6, 6.07) is 0.